The number of hydrogen-bond donors (Lipinski definition) is 1. The van der Waals surface area contributed by atoms with E-state index in [1.54, 1.807) is 0 Å². The number of nitrogens with one attached hydrogen (secondary N) is 1. The van der Waals surface area contributed by atoms with E-state index in [0.717, 1.165) is 58.0 Å². The van der Waals surface area contributed by atoms with Gasteiger partial charge in [0.2, 0.25) is 0 Å². The molecule has 18 heavy (non-hydrogen) atoms. The molecule has 1 heterocycles. The summed E-state index contributed by atoms with van der Waals surface area (Å²) < 4.78 is 5.91. The Morgan fingerprint density at radius 1 is 1.22 bits per heavy atom. The highest BCUT2D eigenvalue weighted by atomic mass is 16.5. The molecule has 0 bridgehead atoms. The molecule has 1 saturated heterocycles. The smallest absolute Gasteiger partial charge is 0.0599 e. The minimum atomic E-state index is 0.482. The van der Waals surface area contributed by atoms with E-state index in [9.17, 15) is 0 Å². The van der Waals surface area contributed by atoms with Gasteiger partial charge in [-0.25, -0.2) is 0 Å². The van der Waals surface area contributed by atoms with Crippen LogP contribution in [0.3, 0.4) is 0 Å². The van der Waals surface area contributed by atoms with Gasteiger partial charge in [-0.2, -0.15) is 0 Å². The van der Waals surface area contributed by atoms with Crippen molar-refractivity contribution >= 4 is 0 Å². The van der Waals surface area contributed by atoms with Crippen LogP contribution in [0.5, 0.6) is 0 Å². The Bertz CT molecular complexity index is 264. The molecule has 3 heteroatoms. The summed E-state index contributed by atoms with van der Waals surface area (Å²) >= 11 is 0. The highest BCUT2D eigenvalue weighted by Crippen LogP contribution is 2.29. The molecule has 1 aliphatic carbocycles. The maximum Gasteiger partial charge on any atom is 0.0599 e. The normalized spacial score (nSPS) is 21.1. The van der Waals surface area contributed by atoms with Crippen molar-refractivity contribution in [1.82, 2.24) is 10.2 Å². The van der Waals surface area contributed by atoms with Gasteiger partial charge in [0, 0.05) is 19.7 Å². The Kier molecular flexibility index (Phi) is 5.99. The first-order valence-corrected chi connectivity index (χ1v) is 7.36. The lowest BCUT2D eigenvalue weighted by Gasteiger charge is -2.24. The summed E-state index contributed by atoms with van der Waals surface area (Å²) in [6.07, 6.45) is 12.1. The number of hydrogen-bond acceptors (Lipinski definition) is 3. The van der Waals surface area contributed by atoms with E-state index in [-0.39, 0.29) is 0 Å². The molecule has 1 N–H and O–H groups in total. The predicted molar refractivity (Wildman–Crippen MR) is 74.5 cm³/mol. The molecule has 102 valence electrons. The van der Waals surface area contributed by atoms with E-state index >= 15 is 0 Å². The quantitative estimate of drug-likeness (QED) is 0.522. The van der Waals surface area contributed by atoms with Crippen molar-refractivity contribution < 1.29 is 4.74 Å². The van der Waals surface area contributed by atoms with Crippen molar-refractivity contribution in [2.24, 2.45) is 5.92 Å². The SMILES string of the molecule is C#CCN(CCCOC1CCNCC1)CC1CC1. The molecule has 0 amide bonds. The average Bonchev–Trinajstić information content (AvgIpc) is 3.20. The molecular weight excluding hydrogens is 224 g/mol. The van der Waals surface area contributed by atoms with Crippen LogP contribution in [-0.2, 0) is 4.74 Å². The number of piperidine rings is 1. The molecule has 0 aromatic carbocycles. The van der Waals surface area contributed by atoms with E-state index in [1.807, 2.05) is 0 Å². The van der Waals surface area contributed by atoms with Crippen molar-refractivity contribution in [3.8, 4) is 12.3 Å². The fraction of sp³-hybridized carbons (Fsp3) is 0.867. The van der Waals surface area contributed by atoms with Crippen LogP contribution >= 0.6 is 0 Å². The molecule has 0 atom stereocenters. The fourth-order valence-electron chi connectivity index (χ4n) is 2.53. The maximum atomic E-state index is 5.91. The second kappa shape index (κ2) is 7.78. The van der Waals surface area contributed by atoms with E-state index in [0.29, 0.717) is 6.10 Å². The van der Waals surface area contributed by atoms with Crippen LogP contribution in [-0.4, -0.2) is 50.3 Å². The van der Waals surface area contributed by atoms with Crippen LogP contribution in [0.15, 0.2) is 0 Å². The Balaban J connectivity index is 1.53. The summed E-state index contributed by atoms with van der Waals surface area (Å²) in [4.78, 5) is 2.41. The third kappa shape index (κ3) is 5.39. The van der Waals surface area contributed by atoms with Gasteiger partial charge in [0.25, 0.3) is 0 Å². The number of ether oxygens (including phenoxy) is 1. The molecule has 1 saturated carbocycles. The molecule has 0 aromatic heterocycles. The van der Waals surface area contributed by atoms with Gasteiger partial charge >= 0.3 is 0 Å². The van der Waals surface area contributed by atoms with Gasteiger partial charge in [0.05, 0.1) is 12.6 Å². The van der Waals surface area contributed by atoms with Gasteiger partial charge in [-0.3, -0.25) is 4.90 Å². The minimum absolute atomic E-state index is 0.482. The second-order valence-electron chi connectivity index (χ2n) is 5.56. The molecule has 1 aliphatic heterocycles. The summed E-state index contributed by atoms with van der Waals surface area (Å²) in [6, 6.07) is 0. The monoisotopic (exact) mass is 250 g/mol. The Labute approximate surface area is 111 Å². The molecule has 2 aliphatic rings. The molecule has 0 unspecified atom stereocenters. The topological polar surface area (TPSA) is 24.5 Å². The summed E-state index contributed by atoms with van der Waals surface area (Å²) in [5.41, 5.74) is 0. The van der Waals surface area contributed by atoms with Crippen LogP contribution in [0.1, 0.15) is 32.1 Å². The van der Waals surface area contributed by atoms with Gasteiger partial charge in [-0.05, 0) is 51.1 Å². The van der Waals surface area contributed by atoms with Crippen molar-refractivity contribution in [2.75, 3.05) is 39.3 Å². The first-order valence-electron chi connectivity index (χ1n) is 7.36. The zero-order valence-electron chi connectivity index (χ0n) is 11.4. The summed E-state index contributed by atoms with van der Waals surface area (Å²) in [5, 5.41) is 3.36. The third-order valence-corrected chi connectivity index (χ3v) is 3.79. The maximum absolute atomic E-state index is 5.91. The van der Waals surface area contributed by atoms with Crippen molar-refractivity contribution in [1.29, 1.82) is 0 Å². The highest BCUT2D eigenvalue weighted by molar-refractivity contribution is 4.90. The lowest BCUT2D eigenvalue weighted by atomic mass is 10.1. The first-order chi connectivity index (χ1) is 8.88. The van der Waals surface area contributed by atoms with Crippen molar-refractivity contribution in [3.05, 3.63) is 0 Å². The van der Waals surface area contributed by atoms with Gasteiger partial charge in [0.15, 0.2) is 0 Å². The lowest BCUT2D eigenvalue weighted by Crippen LogP contribution is -2.33. The molecule has 0 spiro atoms. The van der Waals surface area contributed by atoms with Gasteiger partial charge in [0.1, 0.15) is 0 Å². The van der Waals surface area contributed by atoms with E-state index < -0.39 is 0 Å². The Morgan fingerprint density at radius 3 is 2.67 bits per heavy atom. The molecule has 3 nitrogen and oxygen atoms in total. The summed E-state index contributed by atoms with van der Waals surface area (Å²) in [5.74, 6) is 3.69. The van der Waals surface area contributed by atoms with Crippen molar-refractivity contribution in [2.45, 2.75) is 38.2 Å². The molecule has 0 radical (unpaired) electrons. The highest BCUT2D eigenvalue weighted by Gasteiger charge is 2.23. The molecule has 2 fully saturated rings. The fourth-order valence-corrected chi connectivity index (χ4v) is 2.53. The van der Waals surface area contributed by atoms with Gasteiger partial charge in [-0.1, -0.05) is 5.92 Å². The standard InChI is InChI=1S/C15H26N2O/c1-2-10-17(13-14-4-5-14)11-3-12-18-15-6-8-16-9-7-15/h1,14-16H,3-13H2. The van der Waals surface area contributed by atoms with Gasteiger partial charge < -0.3 is 10.1 Å². The second-order valence-corrected chi connectivity index (χ2v) is 5.56. The zero-order chi connectivity index (χ0) is 12.6. The predicted octanol–water partition coefficient (Wildman–Crippen LogP) is 1.49. The molecule has 0 aromatic rings. The average molecular weight is 250 g/mol. The lowest BCUT2D eigenvalue weighted by molar-refractivity contribution is 0.0281. The third-order valence-electron chi connectivity index (χ3n) is 3.79. The van der Waals surface area contributed by atoms with Crippen LogP contribution in [0.2, 0.25) is 0 Å². The molecule has 2 rings (SSSR count). The summed E-state index contributed by atoms with van der Waals surface area (Å²) in [6.45, 7) is 6.18. The number of rotatable bonds is 8. The Hall–Kier alpha value is -0.560. The Morgan fingerprint density at radius 2 is 2.00 bits per heavy atom. The largest absolute Gasteiger partial charge is 0.378 e. The van der Waals surface area contributed by atoms with Crippen LogP contribution in [0.25, 0.3) is 0 Å². The molecular formula is C15H26N2O. The van der Waals surface area contributed by atoms with E-state index in [4.69, 9.17) is 11.2 Å². The van der Waals surface area contributed by atoms with Crippen LogP contribution in [0, 0.1) is 18.3 Å². The van der Waals surface area contributed by atoms with Gasteiger partial charge in [-0.15, -0.1) is 6.42 Å². The number of nitrogens with zero attached hydrogens (tertiary/aromatic N) is 1. The van der Waals surface area contributed by atoms with Crippen molar-refractivity contribution in [3.63, 3.8) is 0 Å². The minimum Gasteiger partial charge on any atom is -0.378 e. The van der Waals surface area contributed by atoms with E-state index in [1.165, 1.54) is 19.4 Å². The van der Waals surface area contributed by atoms with Crippen LogP contribution in [0.4, 0.5) is 0 Å². The van der Waals surface area contributed by atoms with Crippen LogP contribution < -0.4 is 5.32 Å². The first kappa shape index (κ1) is 13.9. The number of terminal acetylenes is 1. The van der Waals surface area contributed by atoms with E-state index in [2.05, 4.69) is 16.1 Å². The summed E-state index contributed by atoms with van der Waals surface area (Å²) in [7, 11) is 0. The zero-order valence-corrected chi connectivity index (χ0v) is 11.4.